The summed E-state index contributed by atoms with van der Waals surface area (Å²) in [5, 5.41) is 8.81. The number of rotatable bonds is 4. The quantitative estimate of drug-likeness (QED) is 0.780. The van der Waals surface area contributed by atoms with Crippen LogP contribution in [0.25, 0.3) is 0 Å². The molecule has 3 nitrogen and oxygen atoms in total. The van der Waals surface area contributed by atoms with Crippen molar-refractivity contribution < 1.29 is 4.74 Å². The number of hydrogen-bond acceptors (Lipinski definition) is 2. The van der Waals surface area contributed by atoms with Crippen molar-refractivity contribution in [3.63, 3.8) is 0 Å². The number of hydrogen-bond donors (Lipinski definition) is 0. The van der Waals surface area contributed by atoms with Gasteiger partial charge in [0.1, 0.15) is 24.1 Å². The zero-order valence-electron chi connectivity index (χ0n) is 8.84. The molecule has 0 saturated carbocycles. The first kappa shape index (κ1) is 10.3. The first-order valence-corrected chi connectivity index (χ1v) is 5.13. The van der Waals surface area contributed by atoms with Gasteiger partial charge in [0.05, 0.1) is 6.54 Å². The first-order chi connectivity index (χ1) is 7.90. The highest BCUT2D eigenvalue weighted by atomic mass is 16.5. The Kier molecular flexibility index (Phi) is 3.25. The van der Waals surface area contributed by atoms with E-state index in [4.69, 9.17) is 10.00 Å². The SMILES string of the molecule is N#Cc1cccn1CCOc1ccccc1. The van der Waals surface area contributed by atoms with Crippen molar-refractivity contribution in [1.82, 2.24) is 4.57 Å². The van der Waals surface area contributed by atoms with E-state index in [1.807, 2.05) is 47.2 Å². The Morgan fingerprint density at radius 3 is 2.69 bits per heavy atom. The number of nitriles is 1. The second kappa shape index (κ2) is 5.04. The van der Waals surface area contributed by atoms with Crippen LogP contribution in [0.5, 0.6) is 5.75 Å². The molecule has 80 valence electrons. The smallest absolute Gasteiger partial charge is 0.120 e. The molecule has 0 bridgehead atoms. The van der Waals surface area contributed by atoms with Crippen molar-refractivity contribution in [2.45, 2.75) is 6.54 Å². The molecule has 0 aliphatic carbocycles. The summed E-state index contributed by atoms with van der Waals surface area (Å²) >= 11 is 0. The third-order valence-electron chi connectivity index (χ3n) is 2.29. The largest absolute Gasteiger partial charge is 0.492 e. The summed E-state index contributed by atoms with van der Waals surface area (Å²) in [5.41, 5.74) is 0.664. The van der Waals surface area contributed by atoms with E-state index < -0.39 is 0 Å². The van der Waals surface area contributed by atoms with Crippen molar-refractivity contribution in [2.75, 3.05) is 6.61 Å². The highest BCUT2D eigenvalue weighted by Crippen LogP contribution is 2.08. The van der Waals surface area contributed by atoms with E-state index in [2.05, 4.69) is 6.07 Å². The standard InChI is InChI=1S/C13H12N2O/c14-11-12-5-4-8-15(12)9-10-16-13-6-2-1-3-7-13/h1-8H,9-10H2. The van der Waals surface area contributed by atoms with Crippen molar-refractivity contribution in [3.8, 4) is 11.8 Å². The fraction of sp³-hybridized carbons (Fsp3) is 0.154. The molecule has 0 spiro atoms. The lowest BCUT2D eigenvalue weighted by Crippen LogP contribution is -2.08. The molecule has 2 rings (SSSR count). The first-order valence-electron chi connectivity index (χ1n) is 5.13. The molecule has 0 atom stereocenters. The summed E-state index contributed by atoms with van der Waals surface area (Å²) in [4.78, 5) is 0. The molecule has 1 aromatic carbocycles. The number of para-hydroxylation sites is 1. The van der Waals surface area contributed by atoms with Gasteiger partial charge in [0.15, 0.2) is 0 Å². The van der Waals surface area contributed by atoms with Crippen LogP contribution in [-0.2, 0) is 6.54 Å². The minimum absolute atomic E-state index is 0.563. The molecule has 0 aliphatic heterocycles. The van der Waals surface area contributed by atoms with Gasteiger partial charge in [0.25, 0.3) is 0 Å². The van der Waals surface area contributed by atoms with Gasteiger partial charge >= 0.3 is 0 Å². The minimum Gasteiger partial charge on any atom is -0.492 e. The maximum atomic E-state index is 8.81. The number of benzene rings is 1. The molecule has 16 heavy (non-hydrogen) atoms. The second-order valence-corrected chi connectivity index (χ2v) is 3.36. The van der Waals surface area contributed by atoms with Gasteiger partial charge in [-0.15, -0.1) is 0 Å². The second-order valence-electron chi connectivity index (χ2n) is 3.36. The van der Waals surface area contributed by atoms with Crippen LogP contribution >= 0.6 is 0 Å². The average molecular weight is 212 g/mol. The van der Waals surface area contributed by atoms with Gasteiger partial charge in [-0.1, -0.05) is 18.2 Å². The molecule has 0 aliphatic rings. The Morgan fingerprint density at radius 1 is 1.12 bits per heavy atom. The summed E-state index contributed by atoms with van der Waals surface area (Å²) in [6.07, 6.45) is 1.88. The molecular formula is C13H12N2O. The van der Waals surface area contributed by atoms with E-state index >= 15 is 0 Å². The summed E-state index contributed by atoms with van der Waals surface area (Å²) in [6, 6.07) is 15.4. The average Bonchev–Trinajstić information content (AvgIpc) is 2.78. The highest BCUT2D eigenvalue weighted by molar-refractivity contribution is 5.22. The Bertz CT molecular complexity index is 482. The Morgan fingerprint density at radius 2 is 1.94 bits per heavy atom. The van der Waals surface area contributed by atoms with Crippen LogP contribution in [0.3, 0.4) is 0 Å². The van der Waals surface area contributed by atoms with Gasteiger partial charge in [0, 0.05) is 6.20 Å². The van der Waals surface area contributed by atoms with E-state index in [1.165, 1.54) is 0 Å². The van der Waals surface area contributed by atoms with Gasteiger partial charge in [-0.05, 0) is 24.3 Å². The molecule has 2 aromatic rings. The summed E-state index contributed by atoms with van der Waals surface area (Å²) in [7, 11) is 0. The highest BCUT2D eigenvalue weighted by Gasteiger charge is 1.98. The van der Waals surface area contributed by atoms with E-state index in [0.29, 0.717) is 18.8 Å². The lowest BCUT2D eigenvalue weighted by atomic mass is 10.3. The van der Waals surface area contributed by atoms with Gasteiger partial charge in [-0.25, -0.2) is 0 Å². The normalized spacial score (nSPS) is 9.69. The van der Waals surface area contributed by atoms with E-state index in [0.717, 1.165) is 5.75 Å². The summed E-state index contributed by atoms with van der Waals surface area (Å²) in [5.74, 6) is 0.855. The number of ether oxygens (including phenoxy) is 1. The predicted molar refractivity (Wildman–Crippen MR) is 61.1 cm³/mol. The lowest BCUT2D eigenvalue weighted by Gasteiger charge is -2.07. The van der Waals surface area contributed by atoms with Crippen LogP contribution < -0.4 is 4.74 Å². The third-order valence-corrected chi connectivity index (χ3v) is 2.29. The Hall–Kier alpha value is -2.21. The van der Waals surface area contributed by atoms with E-state index in [1.54, 1.807) is 6.07 Å². The van der Waals surface area contributed by atoms with Crippen molar-refractivity contribution >= 4 is 0 Å². The van der Waals surface area contributed by atoms with Gasteiger partial charge in [-0.2, -0.15) is 5.26 Å². The maximum Gasteiger partial charge on any atom is 0.120 e. The molecule has 0 N–H and O–H groups in total. The topological polar surface area (TPSA) is 38.0 Å². The molecule has 0 unspecified atom stereocenters. The van der Waals surface area contributed by atoms with Gasteiger partial charge in [0.2, 0.25) is 0 Å². The lowest BCUT2D eigenvalue weighted by molar-refractivity contribution is 0.298. The maximum absolute atomic E-state index is 8.81. The Balaban J connectivity index is 1.88. The van der Waals surface area contributed by atoms with Crippen molar-refractivity contribution in [2.24, 2.45) is 0 Å². The molecule has 1 heterocycles. The number of aromatic nitrogens is 1. The van der Waals surface area contributed by atoms with Crippen molar-refractivity contribution in [3.05, 3.63) is 54.4 Å². The van der Waals surface area contributed by atoms with Crippen LogP contribution in [0, 0.1) is 11.3 Å². The van der Waals surface area contributed by atoms with Gasteiger partial charge < -0.3 is 9.30 Å². The molecule has 1 aromatic heterocycles. The zero-order valence-corrected chi connectivity index (χ0v) is 8.84. The zero-order chi connectivity index (χ0) is 11.2. The summed E-state index contributed by atoms with van der Waals surface area (Å²) < 4.78 is 7.43. The third kappa shape index (κ3) is 2.43. The minimum atomic E-state index is 0.563. The molecule has 0 amide bonds. The monoisotopic (exact) mass is 212 g/mol. The predicted octanol–water partition coefficient (Wildman–Crippen LogP) is 2.44. The molecule has 0 radical (unpaired) electrons. The van der Waals surface area contributed by atoms with Crippen LogP contribution in [0.15, 0.2) is 48.7 Å². The van der Waals surface area contributed by atoms with E-state index in [9.17, 15) is 0 Å². The summed E-state index contributed by atoms with van der Waals surface area (Å²) in [6.45, 7) is 1.25. The fourth-order valence-corrected chi connectivity index (χ4v) is 1.49. The van der Waals surface area contributed by atoms with Crippen LogP contribution in [0.4, 0.5) is 0 Å². The molecule has 0 fully saturated rings. The molecule has 0 saturated heterocycles. The van der Waals surface area contributed by atoms with Gasteiger partial charge in [-0.3, -0.25) is 0 Å². The fourth-order valence-electron chi connectivity index (χ4n) is 1.49. The van der Waals surface area contributed by atoms with Crippen LogP contribution in [0.1, 0.15) is 5.69 Å². The van der Waals surface area contributed by atoms with Crippen LogP contribution in [0.2, 0.25) is 0 Å². The van der Waals surface area contributed by atoms with Crippen molar-refractivity contribution in [1.29, 1.82) is 5.26 Å². The number of nitrogens with zero attached hydrogens (tertiary/aromatic N) is 2. The van der Waals surface area contributed by atoms with E-state index in [-0.39, 0.29) is 0 Å². The Labute approximate surface area is 94.5 Å². The molecular weight excluding hydrogens is 200 g/mol. The molecule has 3 heteroatoms. The van der Waals surface area contributed by atoms with Crippen LogP contribution in [-0.4, -0.2) is 11.2 Å².